The number of hydrogen-bond acceptors (Lipinski definition) is 3. The fourth-order valence-electron chi connectivity index (χ4n) is 1.80. The Morgan fingerprint density at radius 1 is 1.35 bits per heavy atom. The second kappa shape index (κ2) is 8.21. The molecule has 0 aliphatic rings. The number of alkyl halides is 3. The van der Waals surface area contributed by atoms with Gasteiger partial charge in [-0.25, -0.2) is 0 Å². The average Bonchev–Trinajstić information content (AvgIpc) is 2.42. The van der Waals surface area contributed by atoms with Gasteiger partial charge in [0, 0.05) is 31.0 Å². The van der Waals surface area contributed by atoms with Gasteiger partial charge in [0.1, 0.15) is 6.61 Å². The van der Waals surface area contributed by atoms with Crippen molar-refractivity contribution < 1.29 is 17.9 Å². The molecule has 1 aromatic heterocycles. The molecule has 0 fully saturated rings. The zero-order valence-electron chi connectivity index (χ0n) is 11.8. The topological polar surface area (TPSA) is 34.1 Å². The van der Waals surface area contributed by atoms with Crippen molar-refractivity contribution in [1.29, 1.82) is 0 Å². The number of rotatable bonds is 8. The highest BCUT2D eigenvalue weighted by Crippen LogP contribution is 2.14. The Morgan fingerprint density at radius 3 is 2.60 bits per heavy atom. The van der Waals surface area contributed by atoms with Crippen molar-refractivity contribution in [2.45, 2.75) is 38.4 Å². The lowest BCUT2D eigenvalue weighted by atomic mass is 10.1. The van der Waals surface area contributed by atoms with E-state index in [1.807, 2.05) is 18.3 Å². The average molecular weight is 290 g/mol. The lowest BCUT2D eigenvalue weighted by molar-refractivity contribution is -0.174. The van der Waals surface area contributed by atoms with Gasteiger partial charge in [-0.2, -0.15) is 13.2 Å². The smallest absolute Gasteiger partial charge is 0.372 e. The number of ether oxygens (including phenoxy) is 1. The van der Waals surface area contributed by atoms with Gasteiger partial charge >= 0.3 is 6.18 Å². The van der Waals surface area contributed by atoms with Gasteiger partial charge in [-0.05, 0) is 31.5 Å². The summed E-state index contributed by atoms with van der Waals surface area (Å²) < 4.78 is 40.4. The normalized spacial score (nSPS) is 13.4. The maximum atomic E-state index is 11.9. The Hall–Kier alpha value is -1.14. The Morgan fingerprint density at radius 2 is 2.10 bits per heavy atom. The molecule has 0 aliphatic heterocycles. The molecule has 3 nitrogen and oxygen atoms in total. The van der Waals surface area contributed by atoms with Gasteiger partial charge in [-0.15, -0.1) is 0 Å². The zero-order chi connectivity index (χ0) is 15.0. The van der Waals surface area contributed by atoms with Crippen molar-refractivity contribution in [2.75, 3.05) is 20.3 Å². The number of hydrogen-bond donors (Lipinski definition) is 1. The van der Waals surface area contributed by atoms with Crippen LogP contribution < -0.4 is 5.32 Å². The van der Waals surface area contributed by atoms with Gasteiger partial charge in [0.2, 0.25) is 0 Å². The molecule has 1 N–H and O–H groups in total. The van der Waals surface area contributed by atoms with Crippen LogP contribution in [0.4, 0.5) is 13.2 Å². The molecule has 0 aliphatic carbocycles. The SMILES string of the molecule is CCc1ccc(CC(CCOCC(F)(F)F)NC)nc1. The van der Waals surface area contributed by atoms with E-state index >= 15 is 0 Å². The number of aryl methyl sites for hydroxylation is 1. The monoisotopic (exact) mass is 290 g/mol. The fourth-order valence-corrected chi connectivity index (χ4v) is 1.80. The van der Waals surface area contributed by atoms with Crippen LogP contribution in [0.2, 0.25) is 0 Å². The number of likely N-dealkylation sites (N-methyl/N-ethyl adjacent to an activating group) is 1. The fraction of sp³-hybridized carbons (Fsp3) is 0.643. The van der Waals surface area contributed by atoms with Crippen LogP contribution in [0.15, 0.2) is 18.3 Å². The second-order valence-electron chi connectivity index (χ2n) is 4.66. The summed E-state index contributed by atoms with van der Waals surface area (Å²) in [4.78, 5) is 4.34. The second-order valence-corrected chi connectivity index (χ2v) is 4.66. The molecule has 0 saturated carbocycles. The maximum Gasteiger partial charge on any atom is 0.411 e. The molecule has 6 heteroatoms. The van der Waals surface area contributed by atoms with Gasteiger partial charge < -0.3 is 10.1 Å². The van der Waals surface area contributed by atoms with E-state index in [4.69, 9.17) is 0 Å². The Balaban J connectivity index is 2.34. The third kappa shape index (κ3) is 6.86. The van der Waals surface area contributed by atoms with Crippen LogP contribution >= 0.6 is 0 Å². The minimum Gasteiger partial charge on any atom is -0.372 e. The summed E-state index contributed by atoms with van der Waals surface area (Å²) in [6, 6.07) is 4.04. The lowest BCUT2D eigenvalue weighted by Crippen LogP contribution is -2.30. The van der Waals surface area contributed by atoms with Crippen molar-refractivity contribution in [3.63, 3.8) is 0 Å². The van der Waals surface area contributed by atoms with E-state index in [2.05, 4.69) is 22.0 Å². The first-order valence-corrected chi connectivity index (χ1v) is 6.70. The van der Waals surface area contributed by atoms with Gasteiger partial charge in [-0.1, -0.05) is 13.0 Å². The molecule has 114 valence electrons. The molecule has 0 spiro atoms. The first-order chi connectivity index (χ1) is 9.44. The minimum atomic E-state index is -4.26. The predicted molar refractivity (Wildman–Crippen MR) is 71.7 cm³/mol. The number of nitrogens with one attached hydrogen (secondary N) is 1. The first-order valence-electron chi connectivity index (χ1n) is 6.70. The molecule has 0 bridgehead atoms. The summed E-state index contributed by atoms with van der Waals surface area (Å²) in [6.07, 6.45) is -0.289. The number of pyridine rings is 1. The van der Waals surface area contributed by atoms with Gasteiger partial charge in [-0.3, -0.25) is 4.98 Å². The molecule has 1 rings (SSSR count). The largest absolute Gasteiger partial charge is 0.411 e. The first kappa shape index (κ1) is 16.9. The molecule has 0 amide bonds. The highest BCUT2D eigenvalue weighted by atomic mass is 19.4. The van der Waals surface area contributed by atoms with E-state index in [-0.39, 0.29) is 12.6 Å². The van der Waals surface area contributed by atoms with E-state index in [1.54, 1.807) is 7.05 Å². The minimum absolute atomic E-state index is 0.0585. The van der Waals surface area contributed by atoms with Crippen LogP contribution in [0.3, 0.4) is 0 Å². The predicted octanol–water partition coefficient (Wildman–Crippen LogP) is 2.74. The summed E-state index contributed by atoms with van der Waals surface area (Å²) in [7, 11) is 1.79. The van der Waals surface area contributed by atoms with Crippen LogP contribution in [0, 0.1) is 0 Å². The molecule has 1 unspecified atom stereocenters. The number of nitrogens with zero attached hydrogens (tertiary/aromatic N) is 1. The molecular weight excluding hydrogens is 269 g/mol. The number of aromatic nitrogens is 1. The standard InChI is InChI=1S/C14H21F3N2O/c1-3-11-4-5-13(19-9-11)8-12(18-2)6-7-20-10-14(15,16)17/h4-5,9,12,18H,3,6-8,10H2,1-2H3. The quantitative estimate of drug-likeness (QED) is 0.748. The summed E-state index contributed by atoms with van der Waals surface area (Å²) >= 11 is 0. The number of halogens is 3. The Labute approximate surface area is 117 Å². The van der Waals surface area contributed by atoms with Crippen LogP contribution in [0.25, 0.3) is 0 Å². The van der Waals surface area contributed by atoms with Crippen molar-refractivity contribution in [1.82, 2.24) is 10.3 Å². The summed E-state index contributed by atoms with van der Waals surface area (Å²) in [5.74, 6) is 0. The highest BCUT2D eigenvalue weighted by Gasteiger charge is 2.27. The third-order valence-corrected chi connectivity index (χ3v) is 3.03. The molecule has 0 radical (unpaired) electrons. The van der Waals surface area contributed by atoms with E-state index in [0.29, 0.717) is 12.8 Å². The summed E-state index contributed by atoms with van der Waals surface area (Å²) in [5.41, 5.74) is 2.10. The van der Waals surface area contributed by atoms with E-state index < -0.39 is 12.8 Å². The molecule has 0 aromatic carbocycles. The van der Waals surface area contributed by atoms with Gasteiger partial charge in [0.25, 0.3) is 0 Å². The molecule has 0 saturated heterocycles. The molecule has 1 heterocycles. The van der Waals surface area contributed by atoms with E-state index in [9.17, 15) is 13.2 Å². The van der Waals surface area contributed by atoms with Crippen LogP contribution in [0.1, 0.15) is 24.6 Å². The van der Waals surface area contributed by atoms with Crippen molar-refractivity contribution in [2.24, 2.45) is 0 Å². The van der Waals surface area contributed by atoms with Gasteiger partial charge in [0.15, 0.2) is 0 Å². The van der Waals surface area contributed by atoms with Crippen molar-refractivity contribution in [3.05, 3.63) is 29.6 Å². The van der Waals surface area contributed by atoms with Gasteiger partial charge in [0.05, 0.1) is 0 Å². The summed E-state index contributed by atoms with van der Waals surface area (Å²) in [5, 5.41) is 3.08. The highest BCUT2D eigenvalue weighted by molar-refractivity contribution is 5.14. The van der Waals surface area contributed by atoms with E-state index in [1.165, 1.54) is 5.56 Å². The molecule has 1 atom stereocenters. The van der Waals surface area contributed by atoms with Crippen molar-refractivity contribution in [3.8, 4) is 0 Å². The molecule has 1 aromatic rings. The third-order valence-electron chi connectivity index (χ3n) is 3.03. The van der Waals surface area contributed by atoms with Crippen LogP contribution in [-0.2, 0) is 17.6 Å². The Kier molecular flexibility index (Phi) is 6.95. The van der Waals surface area contributed by atoms with E-state index in [0.717, 1.165) is 12.1 Å². The Bertz CT molecular complexity index is 379. The van der Waals surface area contributed by atoms with Crippen LogP contribution in [-0.4, -0.2) is 37.5 Å². The van der Waals surface area contributed by atoms with Crippen molar-refractivity contribution >= 4 is 0 Å². The van der Waals surface area contributed by atoms with Crippen LogP contribution in [0.5, 0.6) is 0 Å². The summed E-state index contributed by atoms with van der Waals surface area (Å²) in [6.45, 7) is 0.954. The molecular formula is C14H21F3N2O. The molecule has 20 heavy (non-hydrogen) atoms. The lowest BCUT2D eigenvalue weighted by Gasteiger charge is -2.16. The zero-order valence-corrected chi connectivity index (χ0v) is 11.8. The maximum absolute atomic E-state index is 11.9.